The highest BCUT2D eigenvalue weighted by Gasteiger charge is 2.17. The van der Waals surface area contributed by atoms with E-state index in [1.807, 2.05) is 36.4 Å². The Morgan fingerprint density at radius 2 is 1.43 bits per heavy atom. The number of hydrogen-bond donors (Lipinski definition) is 2. The zero-order valence-corrected chi connectivity index (χ0v) is 15.8. The molecule has 2 N–H and O–H groups in total. The number of allylic oxidation sites excluding steroid dienone is 2. The molecule has 0 saturated heterocycles. The second kappa shape index (κ2) is 16.9. The lowest BCUT2D eigenvalue weighted by Crippen LogP contribution is -2.17. The number of benzene rings is 1. The molecular formula is C22H26O6. The van der Waals surface area contributed by atoms with Gasteiger partial charge in [-0.15, -0.1) is 0 Å². The molecule has 0 unspecified atom stereocenters. The van der Waals surface area contributed by atoms with Crippen molar-refractivity contribution in [3.63, 3.8) is 0 Å². The number of esters is 2. The number of aliphatic hydroxyl groups is 1. The van der Waals surface area contributed by atoms with Crippen LogP contribution in [0.5, 0.6) is 0 Å². The smallest absolute Gasteiger partial charge is 0.341 e. The number of carbonyl (C=O) groups excluding carboxylic acids is 2. The van der Waals surface area contributed by atoms with E-state index in [0.717, 1.165) is 0 Å². The molecule has 0 aliphatic heterocycles. The minimum atomic E-state index is -1.25. The van der Waals surface area contributed by atoms with Gasteiger partial charge in [0, 0.05) is 24.2 Å². The zero-order valence-electron chi connectivity index (χ0n) is 15.8. The third-order valence-corrected chi connectivity index (χ3v) is 2.74. The molecule has 0 atom stereocenters. The molecule has 0 aliphatic carbocycles. The summed E-state index contributed by atoms with van der Waals surface area (Å²) in [6, 6.07) is 10.0. The number of carboxylic acid groups (broad SMARTS) is 1. The van der Waals surface area contributed by atoms with Gasteiger partial charge in [0.15, 0.2) is 0 Å². The molecule has 1 aromatic rings. The number of hydrogen-bond acceptors (Lipinski definition) is 5. The number of rotatable bonds is 8. The number of carboxylic acids is 1. The maximum Gasteiger partial charge on any atom is 0.341 e. The molecule has 1 aromatic carbocycles. The number of aliphatic hydroxyl groups excluding tert-OH is 1. The average Bonchev–Trinajstić information content (AvgIpc) is 2.68. The van der Waals surface area contributed by atoms with E-state index < -0.39 is 24.3 Å². The van der Waals surface area contributed by atoms with Crippen molar-refractivity contribution in [1.82, 2.24) is 0 Å². The Morgan fingerprint density at radius 3 is 1.79 bits per heavy atom. The van der Waals surface area contributed by atoms with E-state index in [4.69, 9.17) is 10.2 Å². The van der Waals surface area contributed by atoms with Gasteiger partial charge in [-0.3, -0.25) is 4.79 Å². The summed E-state index contributed by atoms with van der Waals surface area (Å²) < 4.78 is 4.28. The molecule has 150 valence electrons. The first-order chi connectivity index (χ1) is 13.2. The van der Waals surface area contributed by atoms with Crippen molar-refractivity contribution in [3.8, 4) is 0 Å². The van der Waals surface area contributed by atoms with E-state index in [2.05, 4.69) is 37.6 Å². The first-order valence-electron chi connectivity index (χ1n) is 8.09. The fraction of sp³-hybridized carbons (Fsp3) is 0.136. The predicted molar refractivity (Wildman–Crippen MR) is 110 cm³/mol. The molecule has 0 bridgehead atoms. The minimum absolute atomic E-state index is 0.0163. The molecular weight excluding hydrogens is 360 g/mol. The second-order valence-corrected chi connectivity index (χ2v) is 5.01. The molecule has 0 aliphatic rings. The lowest BCUT2D eigenvalue weighted by molar-refractivity contribution is -0.155. The van der Waals surface area contributed by atoms with Crippen molar-refractivity contribution in [2.24, 2.45) is 0 Å². The molecule has 0 radical (unpaired) electrons. The van der Waals surface area contributed by atoms with Crippen LogP contribution in [0.3, 0.4) is 0 Å². The molecule has 0 saturated carbocycles. The Kier molecular flexibility index (Phi) is 16.2. The molecule has 0 amide bonds. The summed E-state index contributed by atoms with van der Waals surface area (Å²) in [6.07, 6.45) is 4.50. The van der Waals surface area contributed by atoms with Crippen LogP contribution in [0.15, 0.2) is 86.5 Å². The monoisotopic (exact) mass is 386 g/mol. The van der Waals surface area contributed by atoms with Crippen LogP contribution in [0, 0.1) is 0 Å². The number of ether oxygens (including phenoxy) is 1. The van der Waals surface area contributed by atoms with Gasteiger partial charge in [-0.2, -0.15) is 0 Å². The maximum atomic E-state index is 11.1. The summed E-state index contributed by atoms with van der Waals surface area (Å²) in [4.78, 5) is 32.4. The summed E-state index contributed by atoms with van der Waals surface area (Å²) in [6.45, 7) is 16.5. The fourth-order valence-corrected chi connectivity index (χ4v) is 1.31. The molecule has 0 aromatic heterocycles. The van der Waals surface area contributed by atoms with Gasteiger partial charge in [0.25, 0.3) is 0 Å². The minimum Gasteiger partial charge on any atom is -0.481 e. The largest absolute Gasteiger partial charge is 0.481 e. The van der Waals surface area contributed by atoms with Crippen molar-refractivity contribution < 1.29 is 29.3 Å². The van der Waals surface area contributed by atoms with E-state index in [9.17, 15) is 14.4 Å². The first kappa shape index (κ1) is 26.7. The molecule has 0 fully saturated rings. The third-order valence-electron chi connectivity index (χ3n) is 2.74. The van der Waals surface area contributed by atoms with Gasteiger partial charge in [0.1, 0.15) is 0 Å². The Bertz CT molecular complexity index is 695. The highest BCUT2D eigenvalue weighted by Crippen LogP contribution is 2.06. The topological polar surface area (TPSA) is 101 Å². The fourth-order valence-electron chi connectivity index (χ4n) is 1.31. The molecule has 28 heavy (non-hydrogen) atoms. The number of carbonyl (C=O) groups is 3. The quantitative estimate of drug-likeness (QED) is 0.306. The van der Waals surface area contributed by atoms with Crippen LogP contribution in [0.4, 0.5) is 0 Å². The van der Waals surface area contributed by atoms with Gasteiger partial charge in [0.2, 0.25) is 0 Å². The van der Waals surface area contributed by atoms with E-state index in [1.165, 1.54) is 5.56 Å². The maximum absolute atomic E-state index is 11.1. The first-order valence-corrected chi connectivity index (χ1v) is 8.09. The van der Waals surface area contributed by atoms with Crippen LogP contribution in [0.2, 0.25) is 0 Å². The van der Waals surface area contributed by atoms with Gasteiger partial charge in [0.05, 0.1) is 6.42 Å². The molecule has 0 spiro atoms. The third kappa shape index (κ3) is 14.8. The van der Waals surface area contributed by atoms with Crippen molar-refractivity contribution in [2.75, 3.05) is 6.61 Å². The summed E-state index contributed by atoms with van der Waals surface area (Å²) in [5.41, 5.74) is 0.768. The molecule has 0 heterocycles. The van der Waals surface area contributed by atoms with Gasteiger partial charge < -0.3 is 14.9 Å². The summed E-state index contributed by atoms with van der Waals surface area (Å²) in [5, 5.41) is 16.9. The molecule has 1 rings (SSSR count). The number of aliphatic carboxylic acids is 1. The standard InChI is InChI=1S/C10H12O6.C8H8.C4H6/c1-6(3-4-11)9(14)16-10(15)7(2)5-8(12)13;1-2-8-6-4-3-5-7-8;1-3-4-2/h11H,1-5H2,(H,12,13);2-7H,1H2;3-4H,1-2H2. The van der Waals surface area contributed by atoms with Crippen molar-refractivity contribution in [2.45, 2.75) is 12.8 Å². The lowest BCUT2D eigenvalue weighted by Gasteiger charge is -2.04. The van der Waals surface area contributed by atoms with Crippen molar-refractivity contribution in [1.29, 1.82) is 0 Å². The molecule has 6 heteroatoms. The summed E-state index contributed by atoms with van der Waals surface area (Å²) >= 11 is 0. The highest BCUT2D eigenvalue weighted by molar-refractivity contribution is 6.02. The van der Waals surface area contributed by atoms with Gasteiger partial charge in [-0.05, 0) is 5.56 Å². The Hall–Kier alpha value is -3.51. The Balaban J connectivity index is 0. The van der Waals surface area contributed by atoms with E-state index in [1.54, 1.807) is 12.2 Å². The van der Waals surface area contributed by atoms with Gasteiger partial charge >= 0.3 is 17.9 Å². The van der Waals surface area contributed by atoms with Crippen molar-refractivity contribution in [3.05, 3.63) is 92.1 Å². The van der Waals surface area contributed by atoms with E-state index >= 15 is 0 Å². The van der Waals surface area contributed by atoms with Gasteiger partial charge in [-0.1, -0.05) is 81.5 Å². The van der Waals surface area contributed by atoms with Crippen LogP contribution < -0.4 is 0 Å². The van der Waals surface area contributed by atoms with E-state index in [0.29, 0.717) is 0 Å². The predicted octanol–water partition coefficient (Wildman–Crippen LogP) is 3.71. The summed E-state index contributed by atoms with van der Waals surface area (Å²) in [7, 11) is 0. The average molecular weight is 386 g/mol. The van der Waals surface area contributed by atoms with Crippen LogP contribution >= 0.6 is 0 Å². The van der Waals surface area contributed by atoms with Crippen LogP contribution in [-0.2, 0) is 19.1 Å². The van der Waals surface area contributed by atoms with Crippen LogP contribution in [0.25, 0.3) is 6.08 Å². The Morgan fingerprint density at radius 1 is 0.929 bits per heavy atom. The normalized spacial score (nSPS) is 8.46. The van der Waals surface area contributed by atoms with Crippen molar-refractivity contribution >= 4 is 24.0 Å². The summed E-state index contributed by atoms with van der Waals surface area (Å²) in [5.74, 6) is -3.35. The van der Waals surface area contributed by atoms with Crippen LogP contribution in [0.1, 0.15) is 18.4 Å². The SMILES string of the molecule is C=C(CCO)C(=O)OC(=O)C(=C)CC(=O)O.C=CC=C.C=Cc1ccccc1. The van der Waals surface area contributed by atoms with Gasteiger partial charge in [-0.25, -0.2) is 9.59 Å². The van der Waals surface area contributed by atoms with E-state index in [-0.39, 0.29) is 24.2 Å². The second-order valence-electron chi connectivity index (χ2n) is 5.01. The zero-order chi connectivity index (χ0) is 21.9. The Labute approximate surface area is 165 Å². The highest BCUT2D eigenvalue weighted by atomic mass is 16.6. The lowest BCUT2D eigenvalue weighted by atomic mass is 10.2. The van der Waals surface area contributed by atoms with Crippen LogP contribution in [-0.4, -0.2) is 34.7 Å². The molecule has 6 nitrogen and oxygen atoms in total.